The van der Waals surface area contributed by atoms with Crippen molar-refractivity contribution in [1.82, 2.24) is 4.31 Å². The van der Waals surface area contributed by atoms with Gasteiger partial charge in [-0.2, -0.15) is 4.31 Å². The first-order valence-electron chi connectivity index (χ1n) is 4.93. The number of nitrogens with zero attached hydrogens (tertiary/aromatic N) is 1. The number of aliphatic hydroxyl groups is 1. The Morgan fingerprint density at radius 3 is 2.59 bits per heavy atom. The van der Waals surface area contributed by atoms with Crippen molar-refractivity contribution < 1.29 is 17.9 Å². The smallest absolute Gasteiger partial charge is 0.243 e. The Balaban J connectivity index is 3.29. The van der Waals surface area contributed by atoms with E-state index in [4.69, 9.17) is 10.8 Å². The molecular formula is C10H15FN2O3S. The third-order valence-corrected chi connectivity index (χ3v) is 4.40. The lowest BCUT2D eigenvalue weighted by atomic mass is 10.2. The highest BCUT2D eigenvalue weighted by Crippen LogP contribution is 2.23. The van der Waals surface area contributed by atoms with Gasteiger partial charge in [0.1, 0.15) is 5.82 Å². The number of likely N-dealkylation sites (N-methyl/N-ethyl adjacent to an activating group) is 1. The van der Waals surface area contributed by atoms with Crippen LogP contribution in [0.2, 0.25) is 0 Å². The van der Waals surface area contributed by atoms with Crippen LogP contribution in [0.4, 0.5) is 10.1 Å². The minimum Gasteiger partial charge on any atom is -0.396 e. The van der Waals surface area contributed by atoms with E-state index in [1.54, 1.807) is 0 Å². The van der Waals surface area contributed by atoms with Gasteiger partial charge in [0.15, 0.2) is 0 Å². The summed E-state index contributed by atoms with van der Waals surface area (Å²) in [6, 6.07) is 2.17. The van der Waals surface area contributed by atoms with Gasteiger partial charge in [-0.05, 0) is 24.6 Å². The van der Waals surface area contributed by atoms with Crippen molar-refractivity contribution in [1.29, 1.82) is 0 Å². The molecule has 1 rings (SSSR count). The van der Waals surface area contributed by atoms with Gasteiger partial charge in [-0.3, -0.25) is 0 Å². The molecule has 96 valence electrons. The fourth-order valence-electron chi connectivity index (χ4n) is 1.38. The van der Waals surface area contributed by atoms with Crippen molar-refractivity contribution in [3.8, 4) is 0 Å². The number of sulfonamides is 1. The summed E-state index contributed by atoms with van der Waals surface area (Å²) >= 11 is 0. The Hall–Kier alpha value is -1.18. The maximum Gasteiger partial charge on any atom is 0.243 e. The second-order valence-electron chi connectivity index (χ2n) is 3.69. The van der Waals surface area contributed by atoms with E-state index in [2.05, 4.69) is 0 Å². The molecule has 5 nitrogen and oxygen atoms in total. The van der Waals surface area contributed by atoms with Crippen LogP contribution in [0.15, 0.2) is 17.0 Å². The Morgan fingerprint density at radius 2 is 2.06 bits per heavy atom. The minimum atomic E-state index is -3.74. The van der Waals surface area contributed by atoms with Crippen molar-refractivity contribution in [3.05, 3.63) is 23.5 Å². The summed E-state index contributed by atoms with van der Waals surface area (Å²) in [4.78, 5) is -0.0487. The Morgan fingerprint density at radius 1 is 1.47 bits per heavy atom. The van der Waals surface area contributed by atoms with Gasteiger partial charge in [0.05, 0.1) is 17.2 Å². The third kappa shape index (κ3) is 2.74. The number of aliphatic hydroxyl groups excluding tert-OH is 1. The van der Waals surface area contributed by atoms with Crippen LogP contribution in [0.5, 0.6) is 0 Å². The maximum absolute atomic E-state index is 13.1. The number of benzene rings is 1. The summed E-state index contributed by atoms with van der Waals surface area (Å²) in [7, 11) is -2.41. The molecule has 3 N–H and O–H groups in total. The van der Waals surface area contributed by atoms with E-state index in [9.17, 15) is 12.8 Å². The molecule has 0 fully saturated rings. The molecule has 7 heteroatoms. The van der Waals surface area contributed by atoms with Crippen LogP contribution in [0, 0.1) is 12.7 Å². The second-order valence-corrected chi connectivity index (χ2v) is 5.70. The molecule has 0 bridgehead atoms. The van der Waals surface area contributed by atoms with Gasteiger partial charge in [0, 0.05) is 13.6 Å². The molecule has 0 aliphatic heterocycles. The SMILES string of the molecule is Cc1cc(F)c(N)cc1S(=O)(=O)N(C)CCO. The Bertz CT molecular complexity index is 517. The standard InChI is InChI=1S/C10H15FN2O3S/c1-7-5-8(11)9(12)6-10(7)17(15,16)13(2)3-4-14/h5-6,14H,3-4,12H2,1-2H3. The first kappa shape index (κ1) is 13.9. The molecule has 0 saturated carbocycles. The normalized spacial score (nSPS) is 12.1. The molecule has 0 saturated heterocycles. The van der Waals surface area contributed by atoms with E-state index < -0.39 is 15.8 Å². The fraction of sp³-hybridized carbons (Fsp3) is 0.400. The number of nitrogens with two attached hydrogens (primary N) is 1. The highest BCUT2D eigenvalue weighted by Gasteiger charge is 2.23. The van der Waals surface area contributed by atoms with Crippen LogP contribution in [-0.4, -0.2) is 38.0 Å². The first-order valence-corrected chi connectivity index (χ1v) is 6.37. The summed E-state index contributed by atoms with van der Waals surface area (Å²) in [5.41, 5.74) is 5.42. The zero-order valence-electron chi connectivity index (χ0n) is 9.64. The van der Waals surface area contributed by atoms with E-state index >= 15 is 0 Å². The topological polar surface area (TPSA) is 83.6 Å². The lowest BCUT2D eigenvalue weighted by Crippen LogP contribution is -2.30. The number of hydrogen-bond acceptors (Lipinski definition) is 4. The molecule has 0 heterocycles. The van der Waals surface area contributed by atoms with Crippen molar-refractivity contribution in [2.45, 2.75) is 11.8 Å². The number of hydrogen-bond donors (Lipinski definition) is 2. The largest absolute Gasteiger partial charge is 0.396 e. The van der Waals surface area contributed by atoms with Gasteiger partial charge >= 0.3 is 0 Å². The monoisotopic (exact) mass is 262 g/mol. The van der Waals surface area contributed by atoms with E-state index in [0.717, 1.165) is 16.4 Å². The molecule has 0 aromatic heterocycles. The molecule has 0 spiro atoms. The van der Waals surface area contributed by atoms with E-state index in [1.807, 2.05) is 0 Å². The first-order chi connectivity index (χ1) is 7.80. The van der Waals surface area contributed by atoms with E-state index in [1.165, 1.54) is 14.0 Å². The quantitative estimate of drug-likeness (QED) is 0.766. The van der Waals surface area contributed by atoms with E-state index in [-0.39, 0.29) is 29.3 Å². The summed E-state index contributed by atoms with van der Waals surface area (Å²) in [5, 5.41) is 8.72. The van der Waals surface area contributed by atoms with Gasteiger partial charge in [-0.25, -0.2) is 12.8 Å². The molecule has 1 aromatic rings. The molecule has 0 atom stereocenters. The zero-order valence-corrected chi connectivity index (χ0v) is 10.5. The summed E-state index contributed by atoms with van der Waals surface area (Å²) in [6.07, 6.45) is 0. The average molecular weight is 262 g/mol. The summed E-state index contributed by atoms with van der Waals surface area (Å²) in [6.45, 7) is 1.17. The third-order valence-electron chi connectivity index (χ3n) is 2.40. The van der Waals surface area contributed by atoms with Gasteiger partial charge in [0.25, 0.3) is 0 Å². The Labute approximate surface area is 99.7 Å². The molecule has 0 amide bonds. The molecule has 0 aliphatic carbocycles. The molecule has 17 heavy (non-hydrogen) atoms. The maximum atomic E-state index is 13.1. The number of aryl methyl sites for hydroxylation is 1. The van der Waals surface area contributed by atoms with Gasteiger partial charge in [-0.15, -0.1) is 0 Å². The van der Waals surface area contributed by atoms with Crippen LogP contribution >= 0.6 is 0 Å². The Kier molecular flexibility index (Phi) is 4.07. The number of halogens is 1. The summed E-state index contributed by atoms with van der Waals surface area (Å²) < 4.78 is 38.2. The zero-order chi connectivity index (χ0) is 13.2. The molecule has 0 unspecified atom stereocenters. The van der Waals surface area contributed by atoms with Crippen molar-refractivity contribution >= 4 is 15.7 Å². The number of nitrogen functional groups attached to an aromatic ring is 1. The summed E-state index contributed by atoms with van der Waals surface area (Å²) in [5.74, 6) is -0.647. The van der Waals surface area contributed by atoms with Crippen molar-refractivity contribution in [2.75, 3.05) is 25.9 Å². The predicted octanol–water partition coefficient (Wildman–Crippen LogP) is 0.329. The van der Waals surface area contributed by atoms with Crippen LogP contribution in [-0.2, 0) is 10.0 Å². The number of rotatable bonds is 4. The van der Waals surface area contributed by atoms with E-state index in [0.29, 0.717) is 0 Å². The van der Waals surface area contributed by atoms with Gasteiger partial charge in [-0.1, -0.05) is 0 Å². The van der Waals surface area contributed by atoms with Crippen LogP contribution in [0.1, 0.15) is 5.56 Å². The van der Waals surface area contributed by atoms with Gasteiger partial charge < -0.3 is 10.8 Å². The number of anilines is 1. The fourth-order valence-corrected chi connectivity index (χ4v) is 2.77. The average Bonchev–Trinajstić information content (AvgIpc) is 2.23. The highest BCUT2D eigenvalue weighted by atomic mass is 32.2. The minimum absolute atomic E-state index is 0.0287. The lowest BCUT2D eigenvalue weighted by molar-refractivity contribution is 0.266. The molecular weight excluding hydrogens is 247 g/mol. The highest BCUT2D eigenvalue weighted by molar-refractivity contribution is 7.89. The van der Waals surface area contributed by atoms with Crippen LogP contribution in [0.25, 0.3) is 0 Å². The molecule has 0 radical (unpaired) electrons. The van der Waals surface area contributed by atoms with Gasteiger partial charge in [0.2, 0.25) is 10.0 Å². The van der Waals surface area contributed by atoms with Crippen molar-refractivity contribution in [3.63, 3.8) is 0 Å². The predicted molar refractivity (Wildman–Crippen MR) is 62.5 cm³/mol. The molecule has 1 aromatic carbocycles. The van der Waals surface area contributed by atoms with Crippen molar-refractivity contribution in [2.24, 2.45) is 0 Å². The van der Waals surface area contributed by atoms with Crippen LogP contribution in [0.3, 0.4) is 0 Å². The lowest BCUT2D eigenvalue weighted by Gasteiger charge is -2.17. The second kappa shape index (κ2) is 4.99. The van der Waals surface area contributed by atoms with Crippen LogP contribution < -0.4 is 5.73 Å². The molecule has 0 aliphatic rings.